The molecule has 1 unspecified atom stereocenters. The third kappa shape index (κ3) is 2.89. The molecule has 0 aliphatic heterocycles. The highest BCUT2D eigenvalue weighted by Gasteiger charge is 2.12. The standard InChI is InChI=1S/C12H17N5/c1-9-4-3-5-11(15-9)12(16-13)6-10-7-14-17(2)8-10/h3-5,7-8,12,16H,6,13H2,1-2H3. The summed E-state index contributed by atoms with van der Waals surface area (Å²) in [6.07, 6.45) is 4.61. The molecule has 0 aromatic carbocycles. The van der Waals surface area contributed by atoms with Gasteiger partial charge in [0.15, 0.2) is 0 Å². The van der Waals surface area contributed by atoms with Gasteiger partial charge in [-0.1, -0.05) is 6.07 Å². The van der Waals surface area contributed by atoms with E-state index in [2.05, 4.69) is 15.5 Å². The summed E-state index contributed by atoms with van der Waals surface area (Å²) < 4.78 is 1.78. The fourth-order valence-electron chi connectivity index (χ4n) is 1.82. The van der Waals surface area contributed by atoms with Crippen LogP contribution >= 0.6 is 0 Å². The minimum atomic E-state index is 0.0131. The van der Waals surface area contributed by atoms with Crippen LogP contribution < -0.4 is 11.3 Å². The molecule has 0 radical (unpaired) electrons. The molecule has 0 saturated heterocycles. The average Bonchev–Trinajstić information content (AvgIpc) is 2.72. The molecule has 2 aromatic rings. The van der Waals surface area contributed by atoms with E-state index in [1.54, 1.807) is 4.68 Å². The van der Waals surface area contributed by atoms with Crippen LogP contribution in [0.15, 0.2) is 30.6 Å². The third-order valence-electron chi connectivity index (χ3n) is 2.67. The molecule has 17 heavy (non-hydrogen) atoms. The van der Waals surface area contributed by atoms with Crippen molar-refractivity contribution in [2.45, 2.75) is 19.4 Å². The highest BCUT2D eigenvalue weighted by molar-refractivity contribution is 5.17. The average molecular weight is 231 g/mol. The Morgan fingerprint density at radius 2 is 2.29 bits per heavy atom. The predicted octanol–water partition coefficient (Wildman–Crippen LogP) is 0.871. The summed E-state index contributed by atoms with van der Waals surface area (Å²) in [6, 6.07) is 5.96. The second kappa shape index (κ2) is 5.07. The van der Waals surface area contributed by atoms with Crippen LogP contribution in [0.2, 0.25) is 0 Å². The van der Waals surface area contributed by atoms with Gasteiger partial charge >= 0.3 is 0 Å². The van der Waals surface area contributed by atoms with E-state index in [9.17, 15) is 0 Å². The van der Waals surface area contributed by atoms with Crippen molar-refractivity contribution in [3.63, 3.8) is 0 Å². The second-order valence-electron chi connectivity index (χ2n) is 4.15. The number of hydrogen-bond acceptors (Lipinski definition) is 4. The van der Waals surface area contributed by atoms with Crippen LogP contribution in [0.4, 0.5) is 0 Å². The first-order valence-electron chi connectivity index (χ1n) is 5.56. The number of hydrogen-bond donors (Lipinski definition) is 2. The number of aromatic nitrogens is 3. The Morgan fingerprint density at radius 3 is 2.88 bits per heavy atom. The highest BCUT2D eigenvalue weighted by atomic mass is 15.2. The number of aryl methyl sites for hydroxylation is 2. The molecule has 0 fully saturated rings. The van der Waals surface area contributed by atoms with E-state index < -0.39 is 0 Å². The molecule has 0 saturated carbocycles. The molecule has 2 aromatic heterocycles. The zero-order valence-electron chi connectivity index (χ0n) is 10.1. The normalized spacial score (nSPS) is 12.6. The fourth-order valence-corrected chi connectivity index (χ4v) is 1.82. The molecule has 0 amide bonds. The molecule has 3 N–H and O–H groups in total. The number of hydrazine groups is 1. The smallest absolute Gasteiger partial charge is 0.0673 e. The van der Waals surface area contributed by atoms with Gasteiger partial charge in [-0.25, -0.2) is 0 Å². The van der Waals surface area contributed by atoms with Crippen molar-refractivity contribution in [3.8, 4) is 0 Å². The molecular formula is C12H17N5. The van der Waals surface area contributed by atoms with E-state index in [4.69, 9.17) is 5.84 Å². The molecule has 0 aliphatic carbocycles. The molecule has 5 nitrogen and oxygen atoms in total. The Labute approximate surface area is 101 Å². The summed E-state index contributed by atoms with van der Waals surface area (Å²) in [5.74, 6) is 5.59. The van der Waals surface area contributed by atoms with Crippen molar-refractivity contribution >= 4 is 0 Å². The van der Waals surface area contributed by atoms with Crippen LogP contribution in [0.5, 0.6) is 0 Å². The number of pyridine rings is 1. The van der Waals surface area contributed by atoms with Crippen LogP contribution in [-0.4, -0.2) is 14.8 Å². The molecule has 2 rings (SSSR count). The Kier molecular flexibility index (Phi) is 3.51. The molecule has 0 bridgehead atoms. The van der Waals surface area contributed by atoms with Gasteiger partial charge in [0, 0.05) is 18.9 Å². The largest absolute Gasteiger partial charge is 0.276 e. The van der Waals surface area contributed by atoms with Gasteiger partial charge in [-0.15, -0.1) is 0 Å². The van der Waals surface area contributed by atoms with E-state index in [0.717, 1.165) is 23.4 Å². The van der Waals surface area contributed by atoms with Crippen LogP contribution in [0.25, 0.3) is 0 Å². The first-order chi connectivity index (χ1) is 8.19. The summed E-state index contributed by atoms with van der Waals surface area (Å²) >= 11 is 0. The van der Waals surface area contributed by atoms with Gasteiger partial charge in [-0.05, 0) is 31.0 Å². The van der Waals surface area contributed by atoms with Crippen molar-refractivity contribution in [2.75, 3.05) is 0 Å². The summed E-state index contributed by atoms with van der Waals surface area (Å²) in [6.45, 7) is 1.97. The van der Waals surface area contributed by atoms with E-state index in [-0.39, 0.29) is 6.04 Å². The van der Waals surface area contributed by atoms with Gasteiger partial charge in [-0.2, -0.15) is 5.10 Å². The van der Waals surface area contributed by atoms with Gasteiger partial charge in [-0.3, -0.25) is 20.9 Å². The van der Waals surface area contributed by atoms with Gasteiger partial charge in [0.05, 0.1) is 17.9 Å². The number of nitrogens with zero attached hydrogens (tertiary/aromatic N) is 3. The Hall–Kier alpha value is -1.72. The fraction of sp³-hybridized carbons (Fsp3) is 0.333. The summed E-state index contributed by atoms with van der Waals surface area (Å²) in [5, 5.41) is 4.14. The maximum Gasteiger partial charge on any atom is 0.0673 e. The van der Waals surface area contributed by atoms with Gasteiger partial charge in [0.1, 0.15) is 0 Å². The highest BCUT2D eigenvalue weighted by Crippen LogP contribution is 2.15. The van der Waals surface area contributed by atoms with Crippen LogP contribution in [-0.2, 0) is 13.5 Å². The van der Waals surface area contributed by atoms with Crippen LogP contribution in [0.1, 0.15) is 23.0 Å². The lowest BCUT2D eigenvalue weighted by molar-refractivity contribution is 0.537. The maximum atomic E-state index is 5.59. The topological polar surface area (TPSA) is 68.8 Å². The molecule has 1 atom stereocenters. The molecule has 5 heteroatoms. The summed E-state index contributed by atoms with van der Waals surface area (Å²) in [5.41, 5.74) is 5.89. The van der Waals surface area contributed by atoms with Gasteiger partial charge in [0.2, 0.25) is 0 Å². The lowest BCUT2D eigenvalue weighted by Crippen LogP contribution is -2.30. The van der Waals surface area contributed by atoms with E-state index >= 15 is 0 Å². The molecular weight excluding hydrogens is 214 g/mol. The molecule has 0 spiro atoms. The van der Waals surface area contributed by atoms with Crippen molar-refractivity contribution in [1.82, 2.24) is 20.2 Å². The van der Waals surface area contributed by atoms with E-state index in [0.29, 0.717) is 0 Å². The van der Waals surface area contributed by atoms with Crippen molar-refractivity contribution < 1.29 is 0 Å². The first-order valence-corrected chi connectivity index (χ1v) is 5.56. The monoisotopic (exact) mass is 231 g/mol. The Bertz CT molecular complexity index is 491. The minimum absolute atomic E-state index is 0.0131. The Balaban J connectivity index is 2.16. The molecule has 2 heterocycles. The number of rotatable bonds is 4. The van der Waals surface area contributed by atoms with Crippen molar-refractivity contribution in [3.05, 3.63) is 47.5 Å². The molecule has 0 aliphatic rings. The minimum Gasteiger partial charge on any atom is -0.276 e. The maximum absolute atomic E-state index is 5.59. The zero-order valence-corrected chi connectivity index (χ0v) is 10.1. The number of nitrogens with two attached hydrogens (primary N) is 1. The zero-order chi connectivity index (χ0) is 12.3. The SMILES string of the molecule is Cc1cccc(C(Cc2cnn(C)c2)NN)n1. The van der Waals surface area contributed by atoms with Gasteiger partial charge < -0.3 is 0 Å². The first kappa shape index (κ1) is 11.8. The second-order valence-corrected chi connectivity index (χ2v) is 4.15. The quantitative estimate of drug-likeness (QED) is 0.605. The Morgan fingerprint density at radius 1 is 1.47 bits per heavy atom. The van der Waals surface area contributed by atoms with E-state index in [1.165, 1.54) is 0 Å². The van der Waals surface area contributed by atoms with E-state index in [1.807, 2.05) is 44.6 Å². The summed E-state index contributed by atoms with van der Waals surface area (Å²) in [4.78, 5) is 4.48. The summed E-state index contributed by atoms with van der Waals surface area (Å²) in [7, 11) is 1.90. The van der Waals surface area contributed by atoms with Crippen molar-refractivity contribution in [1.29, 1.82) is 0 Å². The van der Waals surface area contributed by atoms with Crippen molar-refractivity contribution in [2.24, 2.45) is 12.9 Å². The molecule has 90 valence electrons. The van der Waals surface area contributed by atoms with Crippen LogP contribution in [0, 0.1) is 6.92 Å². The number of nitrogens with one attached hydrogen (secondary N) is 1. The third-order valence-corrected chi connectivity index (χ3v) is 2.67. The van der Waals surface area contributed by atoms with Gasteiger partial charge in [0.25, 0.3) is 0 Å². The lowest BCUT2D eigenvalue weighted by Gasteiger charge is -2.14. The predicted molar refractivity (Wildman–Crippen MR) is 66.0 cm³/mol. The lowest BCUT2D eigenvalue weighted by atomic mass is 10.1. The van der Waals surface area contributed by atoms with Crippen LogP contribution in [0.3, 0.4) is 0 Å².